The SMILES string of the molecule is CCN(CC)C(=O)CN1CCN(C(=O)Cc2cccc3ccccc23)CC1. The van der Waals surface area contributed by atoms with Gasteiger partial charge < -0.3 is 9.80 Å². The maximum Gasteiger partial charge on any atom is 0.236 e. The number of likely N-dealkylation sites (N-methyl/N-ethyl adjacent to an activating group) is 1. The van der Waals surface area contributed by atoms with Crippen LogP contribution < -0.4 is 0 Å². The summed E-state index contributed by atoms with van der Waals surface area (Å²) in [6.45, 7) is 8.86. The molecule has 0 atom stereocenters. The number of carbonyl (C=O) groups is 2. The third kappa shape index (κ3) is 4.66. The Hall–Kier alpha value is -2.40. The highest BCUT2D eigenvalue weighted by Crippen LogP contribution is 2.19. The van der Waals surface area contributed by atoms with Crippen LogP contribution in [0.1, 0.15) is 19.4 Å². The highest BCUT2D eigenvalue weighted by atomic mass is 16.2. The van der Waals surface area contributed by atoms with E-state index in [0.717, 1.165) is 37.1 Å². The summed E-state index contributed by atoms with van der Waals surface area (Å²) < 4.78 is 0. The summed E-state index contributed by atoms with van der Waals surface area (Å²) in [4.78, 5) is 31.0. The molecule has 0 saturated carbocycles. The van der Waals surface area contributed by atoms with Crippen LogP contribution >= 0.6 is 0 Å². The van der Waals surface area contributed by atoms with E-state index in [4.69, 9.17) is 0 Å². The van der Waals surface area contributed by atoms with E-state index in [9.17, 15) is 9.59 Å². The Bertz CT molecular complexity index is 788. The summed E-state index contributed by atoms with van der Waals surface area (Å²) >= 11 is 0. The summed E-state index contributed by atoms with van der Waals surface area (Å²) in [5, 5.41) is 2.32. The molecule has 1 aliphatic heterocycles. The second-order valence-electron chi connectivity index (χ2n) is 7.04. The molecule has 144 valence electrons. The largest absolute Gasteiger partial charge is 0.342 e. The summed E-state index contributed by atoms with van der Waals surface area (Å²) in [7, 11) is 0. The normalized spacial score (nSPS) is 15.1. The van der Waals surface area contributed by atoms with Crippen molar-refractivity contribution < 1.29 is 9.59 Å². The zero-order chi connectivity index (χ0) is 19.2. The van der Waals surface area contributed by atoms with Crippen LogP contribution in [-0.2, 0) is 16.0 Å². The molecule has 0 spiro atoms. The van der Waals surface area contributed by atoms with Crippen LogP contribution in [0.3, 0.4) is 0 Å². The number of benzene rings is 2. The Morgan fingerprint density at radius 3 is 2.30 bits per heavy atom. The number of hydrogen-bond donors (Lipinski definition) is 0. The molecule has 0 bridgehead atoms. The van der Waals surface area contributed by atoms with E-state index in [-0.39, 0.29) is 11.8 Å². The lowest BCUT2D eigenvalue weighted by atomic mass is 10.0. The topological polar surface area (TPSA) is 43.9 Å². The first-order valence-corrected chi connectivity index (χ1v) is 9.87. The van der Waals surface area contributed by atoms with Crippen molar-refractivity contribution in [2.24, 2.45) is 0 Å². The van der Waals surface area contributed by atoms with E-state index >= 15 is 0 Å². The predicted molar refractivity (Wildman–Crippen MR) is 109 cm³/mol. The molecular formula is C22H29N3O2. The highest BCUT2D eigenvalue weighted by Gasteiger charge is 2.23. The maximum absolute atomic E-state index is 12.8. The quantitative estimate of drug-likeness (QED) is 0.787. The minimum Gasteiger partial charge on any atom is -0.342 e. The third-order valence-electron chi connectivity index (χ3n) is 5.42. The van der Waals surface area contributed by atoms with Gasteiger partial charge in [-0.25, -0.2) is 0 Å². The third-order valence-corrected chi connectivity index (χ3v) is 5.42. The zero-order valence-electron chi connectivity index (χ0n) is 16.4. The minimum absolute atomic E-state index is 0.168. The molecular weight excluding hydrogens is 338 g/mol. The second-order valence-corrected chi connectivity index (χ2v) is 7.04. The Kier molecular flexibility index (Phi) is 6.45. The van der Waals surface area contributed by atoms with Crippen molar-refractivity contribution >= 4 is 22.6 Å². The predicted octanol–water partition coefficient (Wildman–Crippen LogP) is 2.39. The summed E-state index contributed by atoms with van der Waals surface area (Å²) in [6.07, 6.45) is 0.430. The lowest BCUT2D eigenvalue weighted by Crippen LogP contribution is -2.51. The Balaban J connectivity index is 1.55. The molecule has 1 saturated heterocycles. The molecule has 2 aromatic rings. The van der Waals surface area contributed by atoms with Gasteiger partial charge in [-0.05, 0) is 30.2 Å². The lowest BCUT2D eigenvalue weighted by molar-refractivity contribution is -0.134. The monoisotopic (exact) mass is 367 g/mol. The number of rotatable bonds is 6. The van der Waals surface area contributed by atoms with Crippen molar-refractivity contribution in [3.8, 4) is 0 Å². The van der Waals surface area contributed by atoms with Gasteiger partial charge in [-0.1, -0.05) is 42.5 Å². The van der Waals surface area contributed by atoms with Crippen LogP contribution in [0.5, 0.6) is 0 Å². The van der Waals surface area contributed by atoms with E-state index in [2.05, 4.69) is 23.1 Å². The van der Waals surface area contributed by atoms with Crippen molar-refractivity contribution in [2.75, 3.05) is 45.8 Å². The van der Waals surface area contributed by atoms with Crippen molar-refractivity contribution in [1.29, 1.82) is 0 Å². The van der Waals surface area contributed by atoms with E-state index in [1.54, 1.807) is 0 Å². The number of piperazine rings is 1. The summed E-state index contributed by atoms with van der Waals surface area (Å²) in [5.41, 5.74) is 1.08. The van der Waals surface area contributed by atoms with Crippen LogP contribution in [0.15, 0.2) is 42.5 Å². The molecule has 2 amide bonds. The van der Waals surface area contributed by atoms with Crippen LogP contribution in [0, 0.1) is 0 Å². The van der Waals surface area contributed by atoms with Gasteiger partial charge in [-0.3, -0.25) is 14.5 Å². The Morgan fingerprint density at radius 2 is 1.59 bits per heavy atom. The van der Waals surface area contributed by atoms with Gasteiger partial charge in [0.15, 0.2) is 0 Å². The fourth-order valence-electron chi connectivity index (χ4n) is 3.74. The van der Waals surface area contributed by atoms with Gasteiger partial charge in [0.1, 0.15) is 0 Å². The number of fused-ring (bicyclic) bond motifs is 1. The standard InChI is InChI=1S/C22H29N3O2/c1-3-24(4-2)22(27)17-23-12-14-25(15-13-23)21(26)16-19-10-7-9-18-8-5-6-11-20(18)19/h5-11H,3-4,12-17H2,1-2H3. The molecule has 0 aromatic heterocycles. The van der Waals surface area contributed by atoms with Gasteiger partial charge in [0.25, 0.3) is 0 Å². The summed E-state index contributed by atoms with van der Waals surface area (Å²) in [5.74, 6) is 0.344. The minimum atomic E-state index is 0.168. The first-order valence-electron chi connectivity index (χ1n) is 9.87. The number of carbonyl (C=O) groups excluding carboxylic acids is 2. The molecule has 0 N–H and O–H groups in total. The highest BCUT2D eigenvalue weighted by molar-refractivity contribution is 5.90. The molecule has 5 heteroatoms. The smallest absolute Gasteiger partial charge is 0.236 e. The first-order chi connectivity index (χ1) is 13.1. The molecule has 27 heavy (non-hydrogen) atoms. The number of hydrogen-bond acceptors (Lipinski definition) is 3. The van der Waals surface area contributed by atoms with Crippen LogP contribution in [0.2, 0.25) is 0 Å². The van der Waals surface area contributed by atoms with Crippen molar-refractivity contribution in [1.82, 2.24) is 14.7 Å². The second kappa shape index (κ2) is 9.00. The Labute approximate surface area is 161 Å². The number of nitrogens with zero attached hydrogens (tertiary/aromatic N) is 3. The first kappa shape index (κ1) is 19.4. The molecule has 1 aliphatic rings. The maximum atomic E-state index is 12.8. The van der Waals surface area contributed by atoms with Gasteiger partial charge in [-0.2, -0.15) is 0 Å². The van der Waals surface area contributed by atoms with E-state index in [1.807, 2.05) is 47.9 Å². The van der Waals surface area contributed by atoms with Gasteiger partial charge in [0.05, 0.1) is 13.0 Å². The van der Waals surface area contributed by atoms with Crippen LogP contribution in [-0.4, -0.2) is 72.3 Å². The van der Waals surface area contributed by atoms with Gasteiger partial charge >= 0.3 is 0 Å². The molecule has 0 unspecified atom stereocenters. The van der Waals surface area contributed by atoms with Crippen LogP contribution in [0.25, 0.3) is 10.8 Å². The molecule has 0 aliphatic carbocycles. The van der Waals surface area contributed by atoms with Crippen molar-refractivity contribution in [3.63, 3.8) is 0 Å². The fraction of sp³-hybridized carbons (Fsp3) is 0.455. The van der Waals surface area contributed by atoms with Crippen LogP contribution in [0.4, 0.5) is 0 Å². The molecule has 3 rings (SSSR count). The van der Waals surface area contributed by atoms with Crippen molar-refractivity contribution in [3.05, 3.63) is 48.0 Å². The lowest BCUT2D eigenvalue weighted by Gasteiger charge is -2.35. The average molecular weight is 367 g/mol. The van der Waals surface area contributed by atoms with E-state index in [1.165, 1.54) is 5.39 Å². The molecule has 5 nitrogen and oxygen atoms in total. The Morgan fingerprint density at radius 1 is 0.926 bits per heavy atom. The molecule has 0 radical (unpaired) electrons. The van der Waals surface area contributed by atoms with Gasteiger partial charge in [-0.15, -0.1) is 0 Å². The van der Waals surface area contributed by atoms with E-state index < -0.39 is 0 Å². The zero-order valence-corrected chi connectivity index (χ0v) is 16.4. The average Bonchev–Trinajstić information content (AvgIpc) is 2.70. The van der Waals surface area contributed by atoms with Gasteiger partial charge in [0, 0.05) is 39.3 Å². The molecule has 1 fully saturated rings. The van der Waals surface area contributed by atoms with Gasteiger partial charge in [0.2, 0.25) is 11.8 Å². The molecule has 2 aromatic carbocycles. The summed E-state index contributed by atoms with van der Waals surface area (Å²) in [6, 6.07) is 14.3. The molecule has 1 heterocycles. The van der Waals surface area contributed by atoms with E-state index in [0.29, 0.717) is 26.1 Å². The number of amides is 2. The fourth-order valence-corrected chi connectivity index (χ4v) is 3.74. The van der Waals surface area contributed by atoms with Crippen molar-refractivity contribution in [2.45, 2.75) is 20.3 Å².